The maximum absolute atomic E-state index is 12.8. The largest absolute Gasteiger partial charge is 0.489 e. The quantitative estimate of drug-likeness (QED) is 0.831. The fourth-order valence-corrected chi connectivity index (χ4v) is 3.33. The van der Waals surface area contributed by atoms with E-state index in [1.54, 1.807) is 42.3 Å². The predicted octanol–water partition coefficient (Wildman–Crippen LogP) is 3.01. The van der Waals surface area contributed by atoms with Crippen molar-refractivity contribution in [3.8, 4) is 5.75 Å². The molecule has 7 nitrogen and oxygen atoms in total. The van der Waals surface area contributed by atoms with Crippen LogP contribution >= 0.6 is 11.6 Å². The van der Waals surface area contributed by atoms with Gasteiger partial charge in [-0.3, -0.25) is 9.59 Å². The van der Waals surface area contributed by atoms with E-state index in [2.05, 4.69) is 15.3 Å². The number of ether oxygens (including phenoxy) is 1. The Morgan fingerprint density at radius 1 is 1.29 bits per heavy atom. The summed E-state index contributed by atoms with van der Waals surface area (Å²) in [5.74, 6) is 0.270. The smallest absolute Gasteiger partial charge is 0.255 e. The second-order valence-corrected chi connectivity index (χ2v) is 7.23. The summed E-state index contributed by atoms with van der Waals surface area (Å²) in [6.07, 6.45) is 4.47. The highest BCUT2D eigenvalue weighted by atomic mass is 35.5. The van der Waals surface area contributed by atoms with Crippen molar-refractivity contribution in [1.29, 1.82) is 0 Å². The van der Waals surface area contributed by atoms with Gasteiger partial charge >= 0.3 is 0 Å². The molecular weight excluding hydrogens is 380 g/mol. The summed E-state index contributed by atoms with van der Waals surface area (Å²) in [7, 11) is 0. The van der Waals surface area contributed by atoms with Crippen LogP contribution in [-0.2, 0) is 4.79 Å². The molecule has 148 valence electrons. The standard InChI is InChI=1S/C20H23ClN4O3/c1-13(18-5-8-22-12-23-18)24-20(27)17-11-15(21)3-4-19(17)28-16-6-9-25(10-7-16)14(2)26/h3-5,8,11-13,16H,6-7,9-10H2,1-2H3,(H,24,27)/t13-/m0/s1. The molecule has 2 aromatic rings. The van der Waals surface area contributed by atoms with E-state index in [0.717, 1.165) is 12.8 Å². The maximum Gasteiger partial charge on any atom is 0.255 e. The van der Waals surface area contributed by atoms with Gasteiger partial charge in [-0.2, -0.15) is 0 Å². The number of hydrogen-bond donors (Lipinski definition) is 1. The summed E-state index contributed by atoms with van der Waals surface area (Å²) < 4.78 is 6.09. The van der Waals surface area contributed by atoms with Crippen molar-refractivity contribution in [2.75, 3.05) is 13.1 Å². The molecule has 0 unspecified atom stereocenters. The number of amides is 2. The molecule has 1 fully saturated rings. The lowest BCUT2D eigenvalue weighted by Gasteiger charge is -2.31. The molecule has 0 aliphatic carbocycles. The van der Waals surface area contributed by atoms with Crippen molar-refractivity contribution in [3.05, 3.63) is 53.1 Å². The summed E-state index contributed by atoms with van der Waals surface area (Å²) in [5.41, 5.74) is 1.09. The highest BCUT2D eigenvalue weighted by molar-refractivity contribution is 6.31. The Labute approximate surface area is 169 Å². The second-order valence-electron chi connectivity index (χ2n) is 6.79. The fraction of sp³-hybridized carbons (Fsp3) is 0.400. The van der Waals surface area contributed by atoms with Gasteiger partial charge in [0, 0.05) is 44.1 Å². The van der Waals surface area contributed by atoms with Gasteiger partial charge < -0.3 is 15.0 Å². The molecule has 1 aromatic heterocycles. The van der Waals surface area contributed by atoms with Crippen LogP contribution in [0, 0.1) is 0 Å². The third-order valence-electron chi connectivity index (χ3n) is 4.76. The fourth-order valence-electron chi connectivity index (χ4n) is 3.16. The van der Waals surface area contributed by atoms with Gasteiger partial charge in [0.2, 0.25) is 5.91 Å². The van der Waals surface area contributed by atoms with E-state index >= 15 is 0 Å². The molecule has 2 heterocycles. The van der Waals surface area contributed by atoms with Crippen LogP contribution in [0.1, 0.15) is 48.8 Å². The SMILES string of the molecule is CC(=O)N1CCC(Oc2ccc(Cl)cc2C(=O)N[C@@H](C)c2ccncn2)CC1. The topological polar surface area (TPSA) is 84.4 Å². The Hall–Kier alpha value is -2.67. The molecule has 28 heavy (non-hydrogen) atoms. The van der Waals surface area contributed by atoms with Gasteiger partial charge in [0.25, 0.3) is 5.91 Å². The molecule has 0 spiro atoms. The number of hydrogen-bond acceptors (Lipinski definition) is 5. The number of likely N-dealkylation sites (tertiary alicyclic amines) is 1. The van der Waals surface area contributed by atoms with Crippen LogP contribution < -0.4 is 10.1 Å². The molecule has 0 saturated carbocycles. The first-order valence-electron chi connectivity index (χ1n) is 9.22. The van der Waals surface area contributed by atoms with E-state index in [1.165, 1.54) is 6.33 Å². The van der Waals surface area contributed by atoms with Gasteiger partial charge in [0.15, 0.2) is 0 Å². The van der Waals surface area contributed by atoms with Crippen LogP contribution in [-0.4, -0.2) is 45.9 Å². The average Bonchev–Trinajstić information content (AvgIpc) is 2.70. The monoisotopic (exact) mass is 402 g/mol. The van der Waals surface area contributed by atoms with Gasteiger partial charge in [-0.15, -0.1) is 0 Å². The number of halogens is 1. The van der Waals surface area contributed by atoms with Gasteiger partial charge in [0.1, 0.15) is 18.2 Å². The van der Waals surface area contributed by atoms with Gasteiger partial charge in [-0.1, -0.05) is 11.6 Å². The highest BCUT2D eigenvalue weighted by Gasteiger charge is 2.24. The average molecular weight is 403 g/mol. The highest BCUT2D eigenvalue weighted by Crippen LogP contribution is 2.27. The minimum atomic E-state index is -0.291. The third-order valence-corrected chi connectivity index (χ3v) is 5.00. The molecule has 1 saturated heterocycles. The lowest BCUT2D eigenvalue weighted by molar-refractivity contribution is -0.130. The lowest BCUT2D eigenvalue weighted by atomic mass is 10.1. The van der Waals surface area contributed by atoms with Crippen LogP contribution in [0.5, 0.6) is 5.75 Å². The van der Waals surface area contributed by atoms with E-state index in [4.69, 9.17) is 16.3 Å². The zero-order valence-corrected chi connectivity index (χ0v) is 16.6. The Kier molecular flexibility index (Phi) is 6.46. The van der Waals surface area contributed by atoms with E-state index in [-0.39, 0.29) is 24.0 Å². The second kappa shape index (κ2) is 9.01. The van der Waals surface area contributed by atoms with Crippen LogP contribution in [0.3, 0.4) is 0 Å². The molecule has 1 atom stereocenters. The van der Waals surface area contributed by atoms with Crippen molar-refractivity contribution in [1.82, 2.24) is 20.2 Å². The molecule has 0 radical (unpaired) electrons. The number of carbonyl (C=O) groups excluding carboxylic acids is 2. The molecule has 8 heteroatoms. The zero-order chi connectivity index (χ0) is 20.1. The molecule has 0 bridgehead atoms. The Bertz CT molecular complexity index is 839. The summed E-state index contributed by atoms with van der Waals surface area (Å²) in [6, 6.07) is 6.48. The van der Waals surface area contributed by atoms with Gasteiger partial charge in [-0.25, -0.2) is 9.97 Å². The number of carbonyl (C=O) groups is 2. The summed E-state index contributed by atoms with van der Waals surface area (Å²) in [5, 5.41) is 3.38. The lowest BCUT2D eigenvalue weighted by Crippen LogP contribution is -2.40. The summed E-state index contributed by atoms with van der Waals surface area (Å²) in [4.78, 5) is 34.2. The van der Waals surface area contributed by atoms with Crippen molar-refractivity contribution in [2.45, 2.75) is 38.8 Å². The zero-order valence-electron chi connectivity index (χ0n) is 15.9. The molecule has 1 N–H and O–H groups in total. The van der Waals surface area contributed by atoms with Gasteiger partial charge in [-0.05, 0) is 31.2 Å². The first-order chi connectivity index (χ1) is 13.4. The van der Waals surface area contributed by atoms with E-state index in [1.807, 2.05) is 6.92 Å². The number of aromatic nitrogens is 2. The Balaban J connectivity index is 1.70. The first kappa shape index (κ1) is 20.1. The number of benzene rings is 1. The van der Waals surface area contributed by atoms with Crippen LogP contribution in [0.15, 0.2) is 36.8 Å². The van der Waals surface area contributed by atoms with Crippen LogP contribution in [0.25, 0.3) is 0 Å². The van der Waals surface area contributed by atoms with E-state index in [0.29, 0.717) is 35.1 Å². The van der Waals surface area contributed by atoms with Crippen molar-refractivity contribution < 1.29 is 14.3 Å². The first-order valence-corrected chi connectivity index (χ1v) is 9.60. The maximum atomic E-state index is 12.8. The van der Waals surface area contributed by atoms with Crippen LogP contribution in [0.2, 0.25) is 5.02 Å². The minimum Gasteiger partial charge on any atom is -0.489 e. The van der Waals surface area contributed by atoms with Gasteiger partial charge in [0.05, 0.1) is 17.3 Å². The molecule has 1 aromatic carbocycles. The van der Waals surface area contributed by atoms with Crippen molar-refractivity contribution >= 4 is 23.4 Å². The number of nitrogens with one attached hydrogen (secondary N) is 1. The molecule has 1 aliphatic rings. The molecule has 2 amide bonds. The Morgan fingerprint density at radius 2 is 2.04 bits per heavy atom. The molecule has 1 aliphatic heterocycles. The molecule has 3 rings (SSSR count). The number of piperidine rings is 1. The normalized spacial score (nSPS) is 15.8. The minimum absolute atomic E-state index is 0.0531. The predicted molar refractivity (Wildman–Crippen MR) is 105 cm³/mol. The van der Waals surface area contributed by atoms with E-state index < -0.39 is 0 Å². The van der Waals surface area contributed by atoms with Crippen molar-refractivity contribution in [3.63, 3.8) is 0 Å². The van der Waals surface area contributed by atoms with Crippen LogP contribution in [0.4, 0.5) is 0 Å². The number of rotatable bonds is 5. The molecular formula is C20H23ClN4O3. The number of nitrogens with zero attached hydrogens (tertiary/aromatic N) is 3. The van der Waals surface area contributed by atoms with E-state index in [9.17, 15) is 9.59 Å². The summed E-state index contributed by atoms with van der Waals surface area (Å²) in [6.45, 7) is 4.73. The summed E-state index contributed by atoms with van der Waals surface area (Å²) >= 11 is 6.11. The Morgan fingerprint density at radius 3 is 2.68 bits per heavy atom. The van der Waals surface area contributed by atoms with Crippen molar-refractivity contribution in [2.24, 2.45) is 0 Å². The third kappa shape index (κ3) is 4.98.